The van der Waals surface area contributed by atoms with Gasteiger partial charge < -0.3 is 10.6 Å². The number of hydrogen-bond donors (Lipinski definition) is 2. The van der Waals surface area contributed by atoms with E-state index in [0.717, 1.165) is 25.8 Å². The molecule has 0 bridgehead atoms. The molecule has 2 rings (SSSR count). The molecule has 4 heteroatoms. The van der Waals surface area contributed by atoms with Gasteiger partial charge in [0.2, 0.25) is 5.91 Å². The Morgan fingerprint density at radius 1 is 1.36 bits per heavy atom. The Morgan fingerprint density at radius 3 is 3.07 bits per heavy atom. The predicted octanol–water partition coefficient (Wildman–Crippen LogP) is 0.750. The summed E-state index contributed by atoms with van der Waals surface area (Å²) < 4.78 is 0. The zero-order chi connectivity index (χ0) is 9.80. The van der Waals surface area contributed by atoms with Crippen molar-refractivity contribution >= 4 is 17.7 Å². The zero-order valence-corrected chi connectivity index (χ0v) is 9.24. The Bertz CT molecular complexity index is 204. The molecule has 2 aliphatic heterocycles. The smallest absolute Gasteiger partial charge is 0.237 e. The van der Waals surface area contributed by atoms with E-state index in [4.69, 9.17) is 0 Å². The fourth-order valence-corrected chi connectivity index (χ4v) is 3.21. The summed E-state index contributed by atoms with van der Waals surface area (Å²) in [7, 11) is 0. The van der Waals surface area contributed by atoms with Crippen LogP contribution in [0.25, 0.3) is 0 Å². The molecule has 2 heterocycles. The Hall–Kier alpha value is -0.220. The minimum Gasteiger partial charge on any atom is -0.355 e. The number of rotatable bonds is 2. The van der Waals surface area contributed by atoms with Gasteiger partial charge in [0.1, 0.15) is 0 Å². The number of nitrogens with one attached hydrogen (secondary N) is 2. The van der Waals surface area contributed by atoms with Crippen molar-refractivity contribution in [2.45, 2.75) is 37.8 Å². The van der Waals surface area contributed by atoms with E-state index >= 15 is 0 Å². The molecule has 3 nitrogen and oxygen atoms in total. The van der Waals surface area contributed by atoms with Crippen LogP contribution < -0.4 is 10.6 Å². The third-order valence-corrected chi connectivity index (χ3v) is 4.06. The maximum Gasteiger partial charge on any atom is 0.237 e. The number of hydrogen-bond acceptors (Lipinski definition) is 3. The van der Waals surface area contributed by atoms with Crippen LogP contribution in [0.1, 0.15) is 25.7 Å². The van der Waals surface area contributed by atoms with Crippen LogP contribution in [0, 0.1) is 0 Å². The molecule has 2 saturated heterocycles. The van der Waals surface area contributed by atoms with E-state index < -0.39 is 0 Å². The van der Waals surface area contributed by atoms with Crippen LogP contribution in [0.15, 0.2) is 0 Å². The monoisotopic (exact) mass is 214 g/mol. The van der Waals surface area contributed by atoms with Crippen LogP contribution >= 0.6 is 11.8 Å². The Labute approximate surface area is 89.4 Å². The summed E-state index contributed by atoms with van der Waals surface area (Å²) in [4.78, 5) is 11.6. The van der Waals surface area contributed by atoms with E-state index in [-0.39, 0.29) is 11.9 Å². The Balaban J connectivity index is 1.84. The third kappa shape index (κ3) is 2.64. The van der Waals surface area contributed by atoms with Crippen LogP contribution in [0.2, 0.25) is 0 Å². The second-order valence-electron chi connectivity index (χ2n) is 4.07. The second-order valence-corrected chi connectivity index (χ2v) is 5.22. The number of thioether (sulfide) groups is 1. The van der Waals surface area contributed by atoms with Crippen molar-refractivity contribution in [3.63, 3.8) is 0 Å². The molecule has 0 radical (unpaired) electrons. The second kappa shape index (κ2) is 5.03. The van der Waals surface area contributed by atoms with Gasteiger partial charge in [-0.2, -0.15) is 11.8 Å². The molecule has 0 aliphatic carbocycles. The lowest BCUT2D eigenvalue weighted by atomic mass is 10.1. The zero-order valence-electron chi connectivity index (χ0n) is 8.42. The van der Waals surface area contributed by atoms with Crippen LogP contribution in [0.4, 0.5) is 0 Å². The first-order valence-corrected chi connectivity index (χ1v) is 6.63. The van der Waals surface area contributed by atoms with Gasteiger partial charge in [-0.25, -0.2) is 0 Å². The van der Waals surface area contributed by atoms with Crippen molar-refractivity contribution in [2.75, 3.05) is 18.1 Å². The van der Waals surface area contributed by atoms with Gasteiger partial charge in [-0.05, 0) is 31.4 Å². The van der Waals surface area contributed by atoms with Crippen molar-refractivity contribution in [3.05, 3.63) is 0 Å². The van der Waals surface area contributed by atoms with Gasteiger partial charge in [0.05, 0.1) is 6.04 Å². The lowest BCUT2D eigenvalue weighted by Crippen LogP contribution is -2.47. The van der Waals surface area contributed by atoms with Crippen molar-refractivity contribution in [1.29, 1.82) is 0 Å². The summed E-state index contributed by atoms with van der Waals surface area (Å²) in [5, 5.41) is 6.43. The molecule has 1 amide bonds. The topological polar surface area (TPSA) is 41.1 Å². The van der Waals surface area contributed by atoms with Gasteiger partial charge in [-0.3, -0.25) is 4.79 Å². The number of carbonyl (C=O) groups excluding carboxylic acids is 1. The van der Waals surface area contributed by atoms with Crippen molar-refractivity contribution in [2.24, 2.45) is 0 Å². The molecule has 0 aromatic carbocycles. The largest absolute Gasteiger partial charge is 0.355 e. The quantitative estimate of drug-likeness (QED) is 0.713. The van der Waals surface area contributed by atoms with Gasteiger partial charge in [0.25, 0.3) is 0 Å². The highest BCUT2D eigenvalue weighted by atomic mass is 32.2. The fraction of sp³-hybridized carbons (Fsp3) is 0.900. The minimum absolute atomic E-state index is 0.0706. The standard InChI is InChI=1S/C10H18N2OS/c13-10-9(3-1-2-5-11-10)12-8-4-6-14-7-8/h8-9,12H,1-7H2,(H,11,13)/t8-,9+/m0/s1. The summed E-state index contributed by atoms with van der Waals surface area (Å²) >= 11 is 1.98. The van der Waals surface area contributed by atoms with Gasteiger partial charge >= 0.3 is 0 Å². The van der Waals surface area contributed by atoms with E-state index in [9.17, 15) is 4.79 Å². The van der Waals surface area contributed by atoms with Crippen molar-refractivity contribution in [3.8, 4) is 0 Å². The summed E-state index contributed by atoms with van der Waals surface area (Å²) in [6.07, 6.45) is 4.51. The van der Waals surface area contributed by atoms with E-state index in [0.29, 0.717) is 6.04 Å². The van der Waals surface area contributed by atoms with Crippen LogP contribution in [0.5, 0.6) is 0 Å². The van der Waals surface area contributed by atoms with Gasteiger partial charge in [0.15, 0.2) is 0 Å². The summed E-state index contributed by atoms with van der Waals surface area (Å²) in [5.74, 6) is 2.62. The predicted molar refractivity (Wildman–Crippen MR) is 59.5 cm³/mol. The molecule has 80 valence electrons. The average Bonchev–Trinajstić information content (AvgIpc) is 2.60. The molecule has 2 aliphatic rings. The summed E-state index contributed by atoms with van der Waals surface area (Å²) in [6.45, 7) is 0.858. The normalized spacial score (nSPS) is 33.9. The first kappa shape index (κ1) is 10.3. The maximum absolute atomic E-state index is 11.6. The highest BCUT2D eigenvalue weighted by molar-refractivity contribution is 7.99. The highest BCUT2D eigenvalue weighted by Gasteiger charge is 2.25. The first-order chi connectivity index (χ1) is 6.86. The molecule has 0 aromatic heterocycles. The van der Waals surface area contributed by atoms with E-state index in [1.807, 2.05) is 11.8 Å². The van der Waals surface area contributed by atoms with Crippen molar-refractivity contribution < 1.29 is 4.79 Å². The van der Waals surface area contributed by atoms with Crippen LogP contribution in [-0.2, 0) is 4.79 Å². The van der Waals surface area contributed by atoms with Crippen molar-refractivity contribution in [1.82, 2.24) is 10.6 Å². The molecule has 2 atom stereocenters. The van der Waals surface area contributed by atoms with E-state index in [1.54, 1.807) is 0 Å². The lowest BCUT2D eigenvalue weighted by molar-refractivity contribution is -0.123. The van der Waals surface area contributed by atoms with Gasteiger partial charge in [-0.15, -0.1) is 0 Å². The molecule has 14 heavy (non-hydrogen) atoms. The molecule has 0 unspecified atom stereocenters. The summed E-state index contributed by atoms with van der Waals surface area (Å²) in [5.41, 5.74) is 0. The average molecular weight is 214 g/mol. The van der Waals surface area contributed by atoms with Crippen LogP contribution in [-0.4, -0.2) is 36.0 Å². The Morgan fingerprint density at radius 2 is 2.29 bits per heavy atom. The van der Waals surface area contributed by atoms with E-state index in [1.165, 1.54) is 17.9 Å². The number of carbonyl (C=O) groups is 1. The third-order valence-electron chi connectivity index (χ3n) is 2.90. The van der Waals surface area contributed by atoms with Gasteiger partial charge in [0, 0.05) is 18.3 Å². The molecule has 2 N–H and O–H groups in total. The maximum atomic E-state index is 11.6. The SMILES string of the molecule is O=C1NCCCC[C@H]1N[C@H]1CCSC1. The molecular formula is C10H18N2OS. The molecule has 0 saturated carbocycles. The molecule has 2 fully saturated rings. The minimum atomic E-state index is 0.0706. The lowest BCUT2D eigenvalue weighted by Gasteiger charge is -2.19. The summed E-state index contributed by atoms with van der Waals surface area (Å²) in [6, 6.07) is 0.634. The fourth-order valence-electron chi connectivity index (χ4n) is 2.05. The highest BCUT2D eigenvalue weighted by Crippen LogP contribution is 2.18. The van der Waals surface area contributed by atoms with Gasteiger partial charge in [-0.1, -0.05) is 0 Å². The molecular weight excluding hydrogens is 196 g/mol. The Kier molecular flexibility index (Phi) is 3.70. The van der Waals surface area contributed by atoms with Crippen LogP contribution in [0.3, 0.4) is 0 Å². The molecule has 0 aromatic rings. The van der Waals surface area contributed by atoms with E-state index in [2.05, 4.69) is 10.6 Å². The molecule has 0 spiro atoms. The first-order valence-electron chi connectivity index (χ1n) is 5.48. The number of amides is 1.